The van der Waals surface area contributed by atoms with Crippen molar-refractivity contribution in [1.82, 2.24) is 9.97 Å². The van der Waals surface area contributed by atoms with E-state index in [1.165, 1.54) is 0 Å². The molecule has 15 heavy (non-hydrogen) atoms. The molecule has 0 radical (unpaired) electrons. The lowest BCUT2D eigenvalue weighted by Gasteiger charge is -2.06. The first-order valence-corrected chi connectivity index (χ1v) is 3.38. The molecule has 0 fully saturated rings. The van der Waals surface area contributed by atoms with E-state index >= 15 is 0 Å². The van der Waals surface area contributed by atoms with Gasteiger partial charge in [0.05, 0.1) is 4.92 Å². The van der Waals surface area contributed by atoms with E-state index in [0.717, 1.165) is 0 Å². The molecule has 82 valence electrons. The maximum absolute atomic E-state index is 12.1. The van der Waals surface area contributed by atoms with E-state index in [9.17, 15) is 23.3 Å². The van der Waals surface area contributed by atoms with Crippen molar-refractivity contribution in [3.05, 3.63) is 15.9 Å². The van der Waals surface area contributed by atoms with E-state index in [-0.39, 0.29) is 0 Å². The van der Waals surface area contributed by atoms with Crippen LogP contribution in [0.2, 0.25) is 0 Å². The molecule has 1 aromatic rings. The summed E-state index contributed by atoms with van der Waals surface area (Å²) < 4.78 is 36.2. The number of aromatic nitrogens is 2. The minimum absolute atomic E-state index is 0.917. The smallest absolute Gasteiger partial charge is 0.378 e. The van der Waals surface area contributed by atoms with Gasteiger partial charge in [-0.1, -0.05) is 0 Å². The zero-order chi connectivity index (χ0) is 11.8. The number of anilines is 2. The summed E-state index contributed by atoms with van der Waals surface area (Å²) in [6, 6.07) is 0. The molecule has 1 heterocycles. The largest absolute Gasteiger partial charge is 0.451 e. The second-order valence-electron chi connectivity index (χ2n) is 2.42. The minimum atomic E-state index is -4.85. The number of nitrogens with zero attached hydrogens (tertiary/aromatic N) is 3. The number of nitrogens with two attached hydrogens (primary N) is 2. The molecule has 0 saturated carbocycles. The quantitative estimate of drug-likeness (QED) is 0.530. The lowest BCUT2D eigenvalue weighted by atomic mass is 10.4. The summed E-state index contributed by atoms with van der Waals surface area (Å²) in [5.41, 5.74) is 8.97. The molecule has 0 aliphatic rings. The number of halogens is 3. The van der Waals surface area contributed by atoms with Crippen LogP contribution in [0, 0.1) is 10.1 Å². The lowest BCUT2D eigenvalue weighted by molar-refractivity contribution is -0.383. The molecular formula is C5H4F3N5O2. The highest BCUT2D eigenvalue weighted by molar-refractivity contribution is 5.65. The first kappa shape index (κ1) is 10.9. The Morgan fingerprint density at radius 2 is 1.60 bits per heavy atom. The average Bonchev–Trinajstić information content (AvgIpc) is 1.99. The number of nitro groups is 1. The van der Waals surface area contributed by atoms with Crippen LogP contribution in [0.5, 0.6) is 0 Å². The third kappa shape index (κ3) is 2.03. The fourth-order valence-electron chi connectivity index (χ4n) is 0.804. The molecule has 0 saturated heterocycles. The SMILES string of the molecule is Nc1nc(C(F)(F)F)nc(N)c1[N+](=O)[O-]. The summed E-state index contributed by atoms with van der Waals surface area (Å²) in [7, 11) is 0. The number of alkyl halides is 3. The zero-order valence-corrected chi connectivity index (χ0v) is 6.95. The highest BCUT2D eigenvalue weighted by Gasteiger charge is 2.37. The molecule has 4 N–H and O–H groups in total. The highest BCUT2D eigenvalue weighted by atomic mass is 19.4. The van der Waals surface area contributed by atoms with Crippen LogP contribution in [-0.4, -0.2) is 14.9 Å². The molecule has 7 nitrogen and oxygen atoms in total. The molecule has 1 rings (SSSR count). The van der Waals surface area contributed by atoms with Gasteiger partial charge in [0, 0.05) is 0 Å². The van der Waals surface area contributed by atoms with Crippen molar-refractivity contribution in [2.75, 3.05) is 11.5 Å². The van der Waals surface area contributed by atoms with Crippen molar-refractivity contribution in [3.63, 3.8) is 0 Å². The van der Waals surface area contributed by atoms with E-state index in [2.05, 4.69) is 9.97 Å². The molecule has 10 heteroatoms. The maximum atomic E-state index is 12.1. The summed E-state index contributed by atoms with van der Waals surface area (Å²) in [4.78, 5) is 14.7. The van der Waals surface area contributed by atoms with Crippen LogP contribution in [0.15, 0.2) is 0 Å². The number of rotatable bonds is 1. The van der Waals surface area contributed by atoms with Gasteiger partial charge in [-0.3, -0.25) is 10.1 Å². The molecule has 0 bridgehead atoms. The Balaban J connectivity index is 3.39. The van der Waals surface area contributed by atoms with Gasteiger partial charge in [-0.2, -0.15) is 13.2 Å². The molecular weight excluding hydrogens is 219 g/mol. The van der Waals surface area contributed by atoms with E-state index in [1.54, 1.807) is 0 Å². The summed E-state index contributed by atoms with van der Waals surface area (Å²) in [5, 5.41) is 10.3. The third-order valence-electron chi connectivity index (χ3n) is 1.37. The highest BCUT2D eigenvalue weighted by Crippen LogP contribution is 2.32. The number of hydrogen-bond donors (Lipinski definition) is 2. The van der Waals surface area contributed by atoms with Crippen molar-refractivity contribution in [3.8, 4) is 0 Å². The predicted molar refractivity (Wildman–Crippen MR) is 42.5 cm³/mol. The first-order chi connectivity index (χ1) is 6.73. The Labute approximate surface area is 80.1 Å². The van der Waals surface area contributed by atoms with Gasteiger partial charge in [-0.05, 0) is 0 Å². The van der Waals surface area contributed by atoms with Crippen LogP contribution in [0.25, 0.3) is 0 Å². The normalized spacial score (nSPS) is 11.4. The van der Waals surface area contributed by atoms with E-state index < -0.39 is 34.2 Å². The van der Waals surface area contributed by atoms with Crippen LogP contribution >= 0.6 is 0 Å². The molecule has 0 atom stereocenters. The van der Waals surface area contributed by atoms with Gasteiger partial charge >= 0.3 is 11.9 Å². The number of hydrogen-bond acceptors (Lipinski definition) is 6. The predicted octanol–water partition coefficient (Wildman–Crippen LogP) is 0.568. The van der Waals surface area contributed by atoms with E-state index in [4.69, 9.17) is 11.5 Å². The Morgan fingerprint density at radius 3 is 1.87 bits per heavy atom. The van der Waals surface area contributed by atoms with Gasteiger partial charge in [-0.15, -0.1) is 0 Å². The lowest BCUT2D eigenvalue weighted by Crippen LogP contribution is -2.15. The van der Waals surface area contributed by atoms with Gasteiger partial charge in [0.1, 0.15) is 0 Å². The Hall–Kier alpha value is -2.13. The van der Waals surface area contributed by atoms with Crippen molar-refractivity contribution < 1.29 is 18.1 Å². The molecule has 0 spiro atoms. The second-order valence-corrected chi connectivity index (χ2v) is 2.42. The van der Waals surface area contributed by atoms with Crippen molar-refractivity contribution >= 4 is 17.3 Å². The van der Waals surface area contributed by atoms with Gasteiger partial charge in [0.25, 0.3) is 0 Å². The van der Waals surface area contributed by atoms with E-state index in [0.29, 0.717) is 0 Å². The second kappa shape index (κ2) is 3.22. The van der Waals surface area contributed by atoms with E-state index in [1.807, 2.05) is 0 Å². The van der Waals surface area contributed by atoms with Gasteiger partial charge in [-0.25, -0.2) is 9.97 Å². The van der Waals surface area contributed by atoms with Gasteiger partial charge in [0.2, 0.25) is 17.5 Å². The van der Waals surface area contributed by atoms with Crippen LogP contribution in [-0.2, 0) is 6.18 Å². The molecule has 0 aliphatic carbocycles. The third-order valence-corrected chi connectivity index (χ3v) is 1.37. The molecule has 0 aliphatic heterocycles. The molecule has 0 amide bonds. The molecule has 0 unspecified atom stereocenters. The van der Waals surface area contributed by atoms with Crippen LogP contribution < -0.4 is 11.5 Å². The van der Waals surface area contributed by atoms with Crippen LogP contribution in [0.4, 0.5) is 30.5 Å². The first-order valence-electron chi connectivity index (χ1n) is 3.38. The summed E-state index contributed by atoms with van der Waals surface area (Å²) in [6.07, 6.45) is -4.85. The minimum Gasteiger partial charge on any atom is -0.378 e. The fourth-order valence-corrected chi connectivity index (χ4v) is 0.804. The van der Waals surface area contributed by atoms with Crippen molar-refractivity contribution in [1.29, 1.82) is 0 Å². The standard InChI is InChI=1S/C5H4F3N5O2/c6-5(7,8)4-11-2(9)1(13(14)15)3(10)12-4/h(H4,9,10,11,12). The Kier molecular flexibility index (Phi) is 2.35. The Bertz CT molecular complexity index is 395. The zero-order valence-electron chi connectivity index (χ0n) is 6.95. The number of nitrogen functional groups attached to an aromatic ring is 2. The van der Waals surface area contributed by atoms with Crippen LogP contribution in [0.1, 0.15) is 5.82 Å². The summed E-state index contributed by atoms with van der Waals surface area (Å²) >= 11 is 0. The monoisotopic (exact) mass is 223 g/mol. The summed E-state index contributed by atoms with van der Waals surface area (Å²) in [6.45, 7) is 0. The average molecular weight is 223 g/mol. The summed E-state index contributed by atoms with van der Waals surface area (Å²) in [5.74, 6) is -3.44. The fraction of sp³-hybridized carbons (Fsp3) is 0.200. The van der Waals surface area contributed by atoms with Gasteiger partial charge < -0.3 is 11.5 Å². The van der Waals surface area contributed by atoms with Crippen LogP contribution in [0.3, 0.4) is 0 Å². The molecule has 0 aromatic carbocycles. The maximum Gasteiger partial charge on any atom is 0.451 e. The molecule has 1 aromatic heterocycles. The van der Waals surface area contributed by atoms with Crippen molar-refractivity contribution in [2.24, 2.45) is 0 Å². The topological polar surface area (TPSA) is 121 Å². The van der Waals surface area contributed by atoms with Crippen molar-refractivity contribution in [2.45, 2.75) is 6.18 Å². The Morgan fingerprint density at radius 1 is 1.20 bits per heavy atom. The van der Waals surface area contributed by atoms with Gasteiger partial charge in [0.15, 0.2) is 0 Å².